The lowest BCUT2D eigenvalue weighted by molar-refractivity contribution is -0.132. The molecule has 0 aromatic heterocycles. The lowest BCUT2D eigenvalue weighted by Gasteiger charge is -2.37. The number of phenolic OH excluding ortho intramolecular Hbond substituents is 1. The highest BCUT2D eigenvalue weighted by Gasteiger charge is 2.23. The van der Waals surface area contributed by atoms with Crippen molar-refractivity contribution in [3.63, 3.8) is 0 Å². The van der Waals surface area contributed by atoms with E-state index in [2.05, 4.69) is 40.1 Å². The van der Waals surface area contributed by atoms with E-state index in [1.807, 2.05) is 23.1 Å². The van der Waals surface area contributed by atoms with Crippen LogP contribution in [0.2, 0.25) is 0 Å². The molecule has 1 amide bonds. The SMILES string of the molecule is O=C(CN1CCN(c2ccc(O)cc2)CC1)N1CC=C(c2ccccc2)CC1. The zero-order valence-corrected chi connectivity index (χ0v) is 16.1. The van der Waals surface area contributed by atoms with Crippen molar-refractivity contribution in [1.29, 1.82) is 0 Å². The fourth-order valence-electron chi connectivity index (χ4n) is 3.93. The number of rotatable bonds is 4. The second-order valence-corrected chi connectivity index (χ2v) is 7.46. The van der Waals surface area contributed by atoms with E-state index < -0.39 is 0 Å². The van der Waals surface area contributed by atoms with Gasteiger partial charge in [-0.1, -0.05) is 36.4 Å². The quantitative estimate of drug-likeness (QED) is 0.890. The van der Waals surface area contributed by atoms with Crippen LogP contribution in [0.3, 0.4) is 0 Å². The minimum atomic E-state index is 0.224. The van der Waals surface area contributed by atoms with Crippen LogP contribution < -0.4 is 4.90 Å². The topological polar surface area (TPSA) is 47.0 Å². The summed E-state index contributed by atoms with van der Waals surface area (Å²) in [6, 6.07) is 17.8. The second-order valence-electron chi connectivity index (χ2n) is 7.46. The van der Waals surface area contributed by atoms with Crippen molar-refractivity contribution < 1.29 is 9.90 Å². The van der Waals surface area contributed by atoms with E-state index in [0.717, 1.165) is 44.8 Å². The van der Waals surface area contributed by atoms with Gasteiger partial charge in [-0.2, -0.15) is 0 Å². The van der Waals surface area contributed by atoms with Crippen LogP contribution in [0.1, 0.15) is 12.0 Å². The number of phenols is 1. The summed E-state index contributed by atoms with van der Waals surface area (Å²) >= 11 is 0. The first-order chi connectivity index (χ1) is 13.7. The first-order valence-corrected chi connectivity index (χ1v) is 9.97. The van der Waals surface area contributed by atoms with Crippen LogP contribution in [-0.2, 0) is 4.79 Å². The number of nitrogens with zero attached hydrogens (tertiary/aromatic N) is 3. The van der Waals surface area contributed by atoms with Gasteiger partial charge in [0.05, 0.1) is 6.54 Å². The van der Waals surface area contributed by atoms with Crippen LogP contribution in [-0.4, -0.2) is 66.6 Å². The van der Waals surface area contributed by atoms with E-state index in [0.29, 0.717) is 18.8 Å². The van der Waals surface area contributed by atoms with Gasteiger partial charge in [0.15, 0.2) is 0 Å². The smallest absolute Gasteiger partial charge is 0.237 e. The number of anilines is 1. The molecule has 0 aliphatic carbocycles. The van der Waals surface area contributed by atoms with Gasteiger partial charge in [0, 0.05) is 45.0 Å². The van der Waals surface area contributed by atoms with Crippen LogP contribution in [0, 0.1) is 0 Å². The standard InChI is InChI=1S/C23H27N3O2/c27-22-8-6-21(7-9-22)25-16-14-24(15-17-25)18-23(28)26-12-10-20(11-13-26)19-4-2-1-3-5-19/h1-10,27H,11-18H2. The van der Waals surface area contributed by atoms with Crippen LogP contribution >= 0.6 is 0 Å². The van der Waals surface area contributed by atoms with Crippen LogP contribution in [0.4, 0.5) is 5.69 Å². The number of carbonyl (C=O) groups excluding carboxylic acids is 1. The Labute approximate surface area is 166 Å². The predicted octanol–water partition coefficient (Wildman–Crippen LogP) is 2.83. The van der Waals surface area contributed by atoms with E-state index in [1.54, 1.807) is 12.1 Å². The van der Waals surface area contributed by atoms with Crippen LogP contribution in [0.5, 0.6) is 5.75 Å². The zero-order valence-electron chi connectivity index (χ0n) is 16.1. The molecule has 146 valence electrons. The molecule has 2 aromatic rings. The third-order valence-corrected chi connectivity index (χ3v) is 5.65. The highest BCUT2D eigenvalue weighted by atomic mass is 16.3. The Morgan fingerprint density at radius 1 is 0.893 bits per heavy atom. The van der Waals surface area contributed by atoms with Gasteiger partial charge in [0.1, 0.15) is 5.75 Å². The van der Waals surface area contributed by atoms with Gasteiger partial charge in [-0.15, -0.1) is 0 Å². The Morgan fingerprint density at radius 3 is 2.25 bits per heavy atom. The summed E-state index contributed by atoms with van der Waals surface area (Å²) in [7, 11) is 0. The molecule has 1 fully saturated rings. The molecule has 0 bridgehead atoms. The lowest BCUT2D eigenvalue weighted by Crippen LogP contribution is -2.50. The number of carbonyl (C=O) groups is 1. The molecule has 2 aliphatic rings. The predicted molar refractivity (Wildman–Crippen MR) is 112 cm³/mol. The normalized spacial score (nSPS) is 18.1. The molecule has 1 saturated heterocycles. The molecular formula is C23H27N3O2. The Morgan fingerprint density at radius 2 is 1.61 bits per heavy atom. The van der Waals surface area contributed by atoms with Gasteiger partial charge in [-0.05, 0) is 41.8 Å². The first-order valence-electron chi connectivity index (χ1n) is 9.97. The molecule has 5 nitrogen and oxygen atoms in total. The lowest BCUT2D eigenvalue weighted by atomic mass is 9.99. The van der Waals surface area contributed by atoms with Crippen LogP contribution in [0.25, 0.3) is 5.57 Å². The summed E-state index contributed by atoms with van der Waals surface area (Å²) in [5, 5.41) is 9.43. The maximum atomic E-state index is 12.7. The summed E-state index contributed by atoms with van der Waals surface area (Å²) in [6.07, 6.45) is 3.11. The number of aromatic hydroxyl groups is 1. The number of amides is 1. The molecule has 2 aromatic carbocycles. The summed E-state index contributed by atoms with van der Waals surface area (Å²) < 4.78 is 0. The van der Waals surface area contributed by atoms with Crippen molar-refractivity contribution >= 4 is 17.2 Å². The third-order valence-electron chi connectivity index (χ3n) is 5.65. The first kappa shape index (κ1) is 18.6. The van der Waals surface area contributed by atoms with Gasteiger partial charge >= 0.3 is 0 Å². The minimum Gasteiger partial charge on any atom is -0.508 e. The Bertz CT molecular complexity index is 825. The fourth-order valence-corrected chi connectivity index (χ4v) is 3.93. The molecule has 0 atom stereocenters. The van der Waals surface area contributed by atoms with Crippen molar-refractivity contribution in [3.05, 3.63) is 66.2 Å². The Kier molecular flexibility index (Phi) is 5.63. The third kappa shape index (κ3) is 4.37. The highest BCUT2D eigenvalue weighted by Crippen LogP contribution is 2.23. The largest absolute Gasteiger partial charge is 0.508 e. The summed E-state index contributed by atoms with van der Waals surface area (Å²) in [5.41, 5.74) is 3.73. The second kappa shape index (κ2) is 8.48. The average Bonchev–Trinajstić information content (AvgIpc) is 2.76. The molecule has 0 spiro atoms. The Balaban J connectivity index is 1.26. The zero-order chi connectivity index (χ0) is 19.3. The average molecular weight is 377 g/mol. The number of hydrogen-bond acceptors (Lipinski definition) is 4. The number of hydrogen-bond donors (Lipinski definition) is 1. The molecule has 2 aliphatic heterocycles. The molecule has 28 heavy (non-hydrogen) atoms. The van der Waals surface area contributed by atoms with E-state index in [-0.39, 0.29) is 5.91 Å². The molecule has 1 N–H and O–H groups in total. The molecule has 5 heteroatoms. The molecule has 0 saturated carbocycles. The monoisotopic (exact) mass is 377 g/mol. The fraction of sp³-hybridized carbons (Fsp3) is 0.348. The van der Waals surface area contributed by atoms with Crippen molar-refractivity contribution in [3.8, 4) is 5.75 Å². The van der Waals surface area contributed by atoms with E-state index >= 15 is 0 Å². The van der Waals surface area contributed by atoms with Crippen LogP contribution in [0.15, 0.2) is 60.7 Å². The Hall–Kier alpha value is -2.79. The van der Waals surface area contributed by atoms with Crippen molar-refractivity contribution in [1.82, 2.24) is 9.80 Å². The van der Waals surface area contributed by atoms with Crippen molar-refractivity contribution in [2.24, 2.45) is 0 Å². The minimum absolute atomic E-state index is 0.224. The maximum Gasteiger partial charge on any atom is 0.237 e. The molecule has 2 heterocycles. The summed E-state index contributed by atoms with van der Waals surface area (Å²) in [6.45, 7) is 5.56. The number of benzene rings is 2. The van der Waals surface area contributed by atoms with Gasteiger partial charge in [0.2, 0.25) is 5.91 Å². The van der Waals surface area contributed by atoms with Crippen molar-refractivity contribution in [2.45, 2.75) is 6.42 Å². The summed E-state index contributed by atoms with van der Waals surface area (Å²) in [4.78, 5) is 19.2. The summed E-state index contributed by atoms with van der Waals surface area (Å²) in [5.74, 6) is 0.514. The molecule has 0 unspecified atom stereocenters. The van der Waals surface area contributed by atoms with Gasteiger partial charge in [0.25, 0.3) is 0 Å². The number of piperazine rings is 1. The van der Waals surface area contributed by atoms with E-state index in [1.165, 1.54) is 11.1 Å². The highest BCUT2D eigenvalue weighted by molar-refractivity contribution is 5.80. The van der Waals surface area contributed by atoms with E-state index in [4.69, 9.17) is 0 Å². The molecule has 0 radical (unpaired) electrons. The van der Waals surface area contributed by atoms with Gasteiger partial charge < -0.3 is 14.9 Å². The van der Waals surface area contributed by atoms with E-state index in [9.17, 15) is 9.90 Å². The molecular weight excluding hydrogens is 350 g/mol. The van der Waals surface area contributed by atoms with Gasteiger partial charge in [-0.3, -0.25) is 9.69 Å². The maximum absolute atomic E-state index is 12.7. The van der Waals surface area contributed by atoms with Crippen molar-refractivity contribution in [2.75, 3.05) is 50.7 Å². The molecule has 4 rings (SSSR count). The van der Waals surface area contributed by atoms with Gasteiger partial charge in [-0.25, -0.2) is 0 Å².